The number of aliphatic hydroxyl groups excluding tert-OH is 1. The quantitative estimate of drug-likeness (QED) is 0.697. The summed E-state index contributed by atoms with van der Waals surface area (Å²) < 4.78 is 0. The van der Waals surface area contributed by atoms with E-state index in [0.717, 1.165) is 4.88 Å². The van der Waals surface area contributed by atoms with Crippen molar-refractivity contribution < 1.29 is 15.0 Å². The zero-order valence-corrected chi connectivity index (χ0v) is 11.0. The number of carbonyl (C=O) groups is 1. The summed E-state index contributed by atoms with van der Waals surface area (Å²) in [6, 6.07) is 3.66. The van der Waals surface area contributed by atoms with Gasteiger partial charge in [0.25, 0.3) is 0 Å². The van der Waals surface area contributed by atoms with E-state index in [1.54, 1.807) is 11.3 Å². The summed E-state index contributed by atoms with van der Waals surface area (Å²) in [4.78, 5) is 11.8. The first-order chi connectivity index (χ1) is 7.94. The first-order valence-electron chi connectivity index (χ1n) is 5.54. The van der Waals surface area contributed by atoms with Gasteiger partial charge in [-0.3, -0.25) is 4.79 Å². The van der Waals surface area contributed by atoms with Crippen LogP contribution in [0.2, 0.25) is 0 Å². The maximum absolute atomic E-state index is 10.8. The summed E-state index contributed by atoms with van der Waals surface area (Å²) in [5.41, 5.74) is -0.242. The third-order valence-electron chi connectivity index (χ3n) is 2.52. The molecule has 1 aromatic rings. The molecule has 0 saturated carbocycles. The van der Waals surface area contributed by atoms with E-state index in [9.17, 15) is 4.79 Å². The van der Waals surface area contributed by atoms with Gasteiger partial charge in [-0.25, -0.2) is 0 Å². The molecule has 5 heteroatoms. The number of carboxylic acids is 1. The van der Waals surface area contributed by atoms with Crippen molar-refractivity contribution in [2.45, 2.75) is 26.3 Å². The van der Waals surface area contributed by atoms with Gasteiger partial charge in [0, 0.05) is 23.4 Å². The smallest absolute Gasteiger partial charge is 0.305 e. The molecule has 0 saturated heterocycles. The van der Waals surface area contributed by atoms with Crippen molar-refractivity contribution in [2.24, 2.45) is 5.41 Å². The van der Waals surface area contributed by atoms with Gasteiger partial charge in [-0.15, -0.1) is 11.3 Å². The molecular weight excluding hydrogens is 238 g/mol. The standard InChI is InChI=1S/C12H19NO3S/c1-12(2,8-14)7-13-9(6-11(15)16)10-4-3-5-17-10/h3-5,9,13-14H,6-8H2,1-2H3,(H,15,16). The molecule has 4 nitrogen and oxygen atoms in total. The Hall–Kier alpha value is -0.910. The first kappa shape index (κ1) is 14.2. The van der Waals surface area contributed by atoms with Crippen molar-refractivity contribution in [3.05, 3.63) is 22.4 Å². The van der Waals surface area contributed by atoms with Crippen molar-refractivity contribution in [3.63, 3.8) is 0 Å². The van der Waals surface area contributed by atoms with E-state index in [0.29, 0.717) is 6.54 Å². The molecule has 1 rings (SSSR count). The maximum atomic E-state index is 10.8. The second-order valence-corrected chi connectivity index (χ2v) is 5.85. The Morgan fingerprint density at radius 1 is 1.59 bits per heavy atom. The van der Waals surface area contributed by atoms with Crippen molar-refractivity contribution in [2.75, 3.05) is 13.2 Å². The minimum atomic E-state index is -0.822. The molecule has 0 amide bonds. The summed E-state index contributed by atoms with van der Waals surface area (Å²) in [5, 5.41) is 23.2. The van der Waals surface area contributed by atoms with E-state index in [4.69, 9.17) is 10.2 Å². The highest BCUT2D eigenvalue weighted by molar-refractivity contribution is 7.10. The van der Waals surface area contributed by atoms with E-state index in [-0.39, 0.29) is 24.5 Å². The Bertz CT molecular complexity index is 349. The van der Waals surface area contributed by atoms with E-state index in [2.05, 4.69) is 5.32 Å². The molecule has 0 aliphatic heterocycles. The molecule has 1 heterocycles. The largest absolute Gasteiger partial charge is 0.481 e. The van der Waals surface area contributed by atoms with E-state index >= 15 is 0 Å². The van der Waals surface area contributed by atoms with Gasteiger partial charge < -0.3 is 15.5 Å². The molecule has 0 bridgehead atoms. The van der Waals surface area contributed by atoms with E-state index in [1.165, 1.54) is 0 Å². The monoisotopic (exact) mass is 257 g/mol. The lowest BCUT2D eigenvalue weighted by Gasteiger charge is -2.25. The van der Waals surface area contributed by atoms with Gasteiger partial charge in [-0.2, -0.15) is 0 Å². The van der Waals surface area contributed by atoms with Gasteiger partial charge in [0.1, 0.15) is 0 Å². The Morgan fingerprint density at radius 2 is 2.29 bits per heavy atom. The molecule has 0 aliphatic rings. The zero-order valence-electron chi connectivity index (χ0n) is 10.1. The van der Waals surface area contributed by atoms with Gasteiger partial charge in [0.05, 0.1) is 12.5 Å². The maximum Gasteiger partial charge on any atom is 0.305 e. The number of nitrogens with one attached hydrogen (secondary N) is 1. The van der Waals surface area contributed by atoms with Crippen LogP contribution in [0.5, 0.6) is 0 Å². The molecule has 0 fully saturated rings. The Labute approximate surface area is 105 Å². The van der Waals surface area contributed by atoms with Crippen molar-refractivity contribution >= 4 is 17.3 Å². The van der Waals surface area contributed by atoms with Crippen LogP contribution in [0.4, 0.5) is 0 Å². The SMILES string of the molecule is CC(C)(CO)CNC(CC(=O)O)c1cccs1. The fourth-order valence-electron chi connectivity index (χ4n) is 1.39. The van der Waals surface area contributed by atoms with Gasteiger partial charge in [0.15, 0.2) is 0 Å². The molecule has 0 aromatic carbocycles. The number of rotatable bonds is 7. The van der Waals surface area contributed by atoms with Gasteiger partial charge >= 0.3 is 5.97 Å². The highest BCUT2D eigenvalue weighted by atomic mass is 32.1. The summed E-state index contributed by atoms with van der Waals surface area (Å²) >= 11 is 1.54. The Balaban J connectivity index is 2.62. The van der Waals surface area contributed by atoms with Gasteiger partial charge in [0.2, 0.25) is 0 Å². The van der Waals surface area contributed by atoms with Crippen LogP contribution in [-0.4, -0.2) is 29.3 Å². The van der Waals surface area contributed by atoms with Crippen LogP contribution in [-0.2, 0) is 4.79 Å². The highest BCUT2D eigenvalue weighted by Gasteiger charge is 2.21. The summed E-state index contributed by atoms with van der Waals surface area (Å²) in [6.45, 7) is 4.53. The van der Waals surface area contributed by atoms with Crippen LogP contribution in [0.1, 0.15) is 31.2 Å². The first-order valence-corrected chi connectivity index (χ1v) is 6.42. The normalized spacial score (nSPS) is 13.6. The Kier molecular flexibility index (Phi) is 5.11. The Morgan fingerprint density at radius 3 is 2.76 bits per heavy atom. The van der Waals surface area contributed by atoms with Crippen molar-refractivity contribution in [3.8, 4) is 0 Å². The second-order valence-electron chi connectivity index (χ2n) is 4.87. The fraction of sp³-hybridized carbons (Fsp3) is 0.583. The highest BCUT2D eigenvalue weighted by Crippen LogP contribution is 2.23. The van der Waals surface area contributed by atoms with E-state index < -0.39 is 5.97 Å². The number of thiophene rings is 1. The van der Waals surface area contributed by atoms with Crippen LogP contribution >= 0.6 is 11.3 Å². The molecule has 1 aromatic heterocycles. The number of aliphatic carboxylic acids is 1. The lowest BCUT2D eigenvalue weighted by Crippen LogP contribution is -2.35. The lowest BCUT2D eigenvalue weighted by atomic mass is 9.94. The average molecular weight is 257 g/mol. The third-order valence-corrected chi connectivity index (χ3v) is 3.51. The number of carboxylic acid groups (broad SMARTS) is 1. The molecule has 1 atom stereocenters. The van der Waals surface area contributed by atoms with Crippen molar-refractivity contribution in [1.29, 1.82) is 0 Å². The molecule has 0 radical (unpaired) electrons. The van der Waals surface area contributed by atoms with Crippen LogP contribution < -0.4 is 5.32 Å². The van der Waals surface area contributed by atoms with Crippen LogP contribution in [0.25, 0.3) is 0 Å². The van der Waals surface area contributed by atoms with Crippen LogP contribution in [0.3, 0.4) is 0 Å². The predicted octanol–water partition coefficient (Wildman–Crippen LogP) is 1.87. The molecular formula is C12H19NO3S. The molecule has 96 valence electrons. The van der Waals surface area contributed by atoms with Crippen LogP contribution in [0.15, 0.2) is 17.5 Å². The van der Waals surface area contributed by atoms with Gasteiger partial charge in [-0.05, 0) is 11.4 Å². The lowest BCUT2D eigenvalue weighted by molar-refractivity contribution is -0.137. The number of hydrogen-bond acceptors (Lipinski definition) is 4. The minimum absolute atomic E-state index is 0.0576. The average Bonchev–Trinajstić information content (AvgIpc) is 2.77. The summed E-state index contributed by atoms with van der Waals surface area (Å²) in [6.07, 6.45) is 0.0576. The zero-order chi connectivity index (χ0) is 12.9. The second kappa shape index (κ2) is 6.14. The molecule has 1 unspecified atom stereocenters. The number of hydrogen-bond donors (Lipinski definition) is 3. The minimum Gasteiger partial charge on any atom is -0.481 e. The topological polar surface area (TPSA) is 69.6 Å². The summed E-state index contributed by atoms with van der Waals surface area (Å²) in [5.74, 6) is -0.822. The molecule has 17 heavy (non-hydrogen) atoms. The fourth-order valence-corrected chi connectivity index (χ4v) is 2.20. The van der Waals surface area contributed by atoms with E-state index in [1.807, 2.05) is 31.4 Å². The van der Waals surface area contributed by atoms with Crippen molar-refractivity contribution in [1.82, 2.24) is 5.32 Å². The molecule has 0 spiro atoms. The summed E-state index contributed by atoms with van der Waals surface area (Å²) in [7, 11) is 0. The van der Waals surface area contributed by atoms with Gasteiger partial charge in [-0.1, -0.05) is 19.9 Å². The number of aliphatic hydroxyl groups is 1. The third kappa shape index (κ3) is 4.85. The molecule has 0 aliphatic carbocycles. The van der Waals surface area contributed by atoms with Crippen LogP contribution in [0, 0.1) is 5.41 Å². The predicted molar refractivity (Wildman–Crippen MR) is 68.2 cm³/mol. The molecule has 3 N–H and O–H groups in total.